The van der Waals surface area contributed by atoms with E-state index in [2.05, 4.69) is 9.71 Å². The van der Waals surface area contributed by atoms with Crippen molar-refractivity contribution in [2.24, 2.45) is 10.9 Å². The molecule has 9 heteroatoms. The molecule has 0 saturated carbocycles. The van der Waals surface area contributed by atoms with Crippen molar-refractivity contribution >= 4 is 44.2 Å². The molecule has 2 aliphatic rings. The van der Waals surface area contributed by atoms with Crippen molar-refractivity contribution in [1.29, 1.82) is 0 Å². The van der Waals surface area contributed by atoms with E-state index < -0.39 is 21.9 Å². The van der Waals surface area contributed by atoms with E-state index in [0.29, 0.717) is 5.56 Å². The van der Waals surface area contributed by atoms with Gasteiger partial charge in [-0.05, 0) is 35.0 Å². The number of anilines is 1. The average Bonchev–Trinajstić information content (AvgIpc) is 3.33. The zero-order valence-electron chi connectivity index (χ0n) is 17.6. The van der Waals surface area contributed by atoms with Crippen LogP contribution in [0.15, 0.2) is 76.6 Å². The molecule has 0 aliphatic carbocycles. The van der Waals surface area contributed by atoms with Crippen molar-refractivity contribution in [3.05, 3.63) is 72.3 Å². The summed E-state index contributed by atoms with van der Waals surface area (Å²) in [6, 6.07) is 20.2. The SMILES string of the molecule is O=C(OCCN=C1NS(=O)(=O)c2ccccc21)[C@H]1CC(=O)N(c2ccc3ccccc3c2)C1. The second-order valence-electron chi connectivity index (χ2n) is 7.94. The molecule has 33 heavy (non-hydrogen) atoms. The number of fused-ring (bicyclic) bond motifs is 2. The minimum atomic E-state index is -3.61. The Labute approximate surface area is 190 Å². The van der Waals surface area contributed by atoms with Gasteiger partial charge in [0.25, 0.3) is 10.0 Å². The number of esters is 1. The van der Waals surface area contributed by atoms with Crippen molar-refractivity contribution in [3.63, 3.8) is 0 Å². The molecule has 1 fully saturated rings. The van der Waals surface area contributed by atoms with E-state index in [1.165, 1.54) is 6.07 Å². The molecule has 5 rings (SSSR count). The van der Waals surface area contributed by atoms with E-state index in [-0.39, 0.29) is 42.8 Å². The Hall–Kier alpha value is -3.72. The minimum absolute atomic E-state index is 0.00705. The van der Waals surface area contributed by atoms with Gasteiger partial charge >= 0.3 is 5.97 Å². The molecule has 0 unspecified atom stereocenters. The Morgan fingerprint density at radius 2 is 1.82 bits per heavy atom. The zero-order valence-corrected chi connectivity index (χ0v) is 18.4. The number of nitrogens with zero attached hydrogens (tertiary/aromatic N) is 2. The number of hydrogen-bond donors (Lipinski definition) is 1. The predicted molar refractivity (Wildman–Crippen MR) is 124 cm³/mol. The van der Waals surface area contributed by atoms with Crippen LogP contribution in [-0.4, -0.2) is 45.8 Å². The second kappa shape index (κ2) is 8.32. The number of rotatable bonds is 5. The van der Waals surface area contributed by atoms with Crippen molar-refractivity contribution in [2.45, 2.75) is 11.3 Å². The van der Waals surface area contributed by atoms with Gasteiger partial charge in [-0.3, -0.25) is 19.3 Å². The molecule has 1 atom stereocenters. The molecular formula is C24H21N3O5S. The molecule has 2 aliphatic heterocycles. The first-order chi connectivity index (χ1) is 15.9. The van der Waals surface area contributed by atoms with Gasteiger partial charge in [0.1, 0.15) is 12.4 Å². The number of carbonyl (C=O) groups excluding carboxylic acids is 2. The van der Waals surface area contributed by atoms with Crippen LogP contribution in [0.25, 0.3) is 10.8 Å². The van der Waals surface area contributed by atoms with Crippen molar-refractivity contribution in [3.8, 4) is 0 Å². The number of aliphatic imine (C=N–C) groups is 1. The Balaban J connectivity index is 1.19. The van der Waals surface area contributed by atoms with Gasteiger partial charge in [-0.1, -0.05) is 42.5 Å². The quantitative estimate of drug-likeness (QED) is 0.462. The van der Waals surface area contributed by atoms with Crippen LogP contribution in [0.3, 0.4) is 0 Å². The molecule has 0 bridgehead atoms. The maximum Gasteiger partial charge on any atom is 0.311 e. The fraction of sp³-hybridized carbons (Fsp3) is 0.208. The Kier molecular flexibility index (Phi) is 5.33. The molecular weight excluding hydrogens is 442 g/mol. The summed E-state index contributed by atoms with van der Waals surface area (Å²) in [5, 5.41) is 2.11. The Bertz CT molecular complexity index is 1400. The summed E-state index contributed by atoms with van der Waals surface area (Å²) in [6.07, 6.45) is 0.0906. The van der Waals surface area contributed by atoms with E-state index in [9.17, 15) is 18.0 Å². The molecule has 1 amide bonds. The van der Waals surface area contributed by atoms with Gasteiger partial charge in [-0.15, -0.1) is 0 Å². The van der Waals surface area contributed by atoms with E-state index in [1.807, 2.05) is 42.5 Å². The lowest BCUT2D eigenvalue weighted by Crippen LogP contribution is -2.27. The molecule has 0 aromatic heterocycles. The first kappa shape index (κ1) is 21.1. The molecule has 0 radical (unpaired) electrons. The predicted octanol–water partition coefficient (Wildman–Crippen LogP) is 2.47. The monoisotopic (exact) mass is 463 g/mol. The number of hydrogen-bond acceptors (Lipinski definition) is 6. The summed E-state index contributed by atoms with van der Waals surface area (Å²) >= 11 is 0. The number of nitrogens with one attached hydrogen (secondary N) is 1. The third-order valence-corrected chi connectivity index (χ3v) is 7.17. The van der Waals surface area contributed by atoms with Crippen LogP contribution in [0.2, 0.25) is 0 Å². The summed E-state index contributed by atoms with van der Waals surface area (Å²) in [5.74, 6) is -0.897. The first-order valence-corrected chi connectivity index (χ1v) is 12.0. The highest BCUT2D eigenvalue weighted by Gasteiger charge is 2.36. The number of benzene rings is 3. The van der Waals surface area contributed by atoms with Gasteiger partial charge in [-0.2, -0.15) is 0 Å². The first-order valence-electron chi connectivity index (χ1n) is 10.5. The summed E-state index contributed by atoms with van der Waals surface area (Å²) in [7, 11) is -3.61. The fourth-order valence-electron chi connectivity index (χ4n) is 4.13. The molecule has 8 nitrogen and oxygen atoms in total. The van der Waals surface area contributed by atoms with Crippen LogP contribution in [0, 0.1) is 5.92 Å². The van der Waals surface area contributed by atoms with Crippen LogP contribution >= 0.6 is 0 Å². The van der Waals surface area contributed by atoms with Crippen LogP contribution in [0.1, 0.15) is 12.0 Å². The van der Waals surface area contributed by atoms with E-state index in [0.717, 1.165) is 16.5 Å². The van der Waals surface area contributed by atoms with Gasteiger partial charge in [-0.25, -0.2) is 8.42 Å². The molecule has 1 N–H and O–H groups in total. The lowest BCUT2D eigenvalue weighted by Gasteiger charge is -2.17. The highest BCUT2D eigenvalue weighted by molar-refractivity contribution is 7.90. The number of amides is 1. The van der Waals surface area contributed by atoms with Crippen molar-refractivity contribution in [2.75, 3.05) is 24.6 Å². The lowest BCUT2D eigenvalue weighted by atomic mass is 10.1. The van der Waals surface area contributed by atoms with Crippen molar-refractivity contribution < 1.29 is 22.7 Å². The normalized spacial score (nSPS) is 20.1. The number of carbonyl (C=O) groups is 2. The average molecular weight is 464 g/mol. The molecule has 168 valence electrons. The largest absolute Gasteiger partial charge is 0.463 e. The molecule has 3 aromatic carbocycles. The number of ether oxygens (including phenoxy) is 1. The fourth-order valence-corrected chi connectivity index (χ4v) is 5.38. The Morgan fingerprint density at radius 1 is 1.06 bits per heavy atom. The van der Waals surface area contributed by atoms with Crippen LogP contribution < -0.4 is 9.62 Å². The number of sulfonamides is 1. The van der Waals surface area contributed by atoms with Crippen LogP contribution in [0.5, 0.6) is 0 Å². The van der Waals surface area contributed by atoms with Crippen LogP contribution in [0.4, 0.5) is 5.69 Å². The third-order valence-electron chi connectivity index (χ3n) is 5.77. The molecule has 3 aromatic rings. The standard InChI is InChI=1S/C24H21N3O5S/c28-22-14-18(15-27(22)19-10-9-16-5-1-2-6-17(16)13-19)24(29)32-12-11-25-23-20-7-3-4-8-21(20)33(30,31)26-23/h1-10,13,18H,11-12,14-15H2,(H,25,26)/t18-/m0/s1. The van der Waals surface area contributed by atoms with E-state index in [1.54, 1.807) is 23.1 Å². The van der Waals surface area contributed by atoms with Gasteiger partial charge in [0.2, 0.25) is 5.91 Å². The lowest BCUT2D eigenvalue weighted by molar-refractivity contribution is -0.148. The molecule has 1 saturated heterocycles. The Morgan fingerprint density at radius 3 is 2.67 bits per heavy atom. The van der Waals surface area contributed by atoms with Gasteiger partial charge in [0.15, 0.2) is 0 Å². The molecule has 2 heterocycles. The summed E-state index contributed by atoms with van der Waals surface area (Å²) < 4.78 is 32.0. The van der Waals surface area contributed by atoms with Gasteiger partial charge in [0.05, 0.1) is 17.4 Å². The summed E-state index contributed by atoms with van der Waals surface area (Å²) in [5.41, 5.74) is 1.25. The number of amidine groups is 1. The molecule has 0 spiro atoms. The van der Waals surface area contributed by atoms with Crippen molar-refractivity contribution in [1.82, 2.24) is 4.72 Å². The minimum Gasteiger partial charge on any atom is -0.463 e. The van der Waals surface area contributed by atoms with Gasteiger partial charge < -0.3 is 9.64 Å². The van der Waals surface area contributed by atoms with E-state index >= 15 is 0 Å². The highest BCUT2D eigenvalue weighted by atomic mass is 32.2. The summed E-state index contributed by atoms with van der Waals surface area (Å²) in [6.45, 7) is 0.359. The zero-order chi connectivity index (χ0) is 23.0. The maximum absolute atomic E-state index is 12.5. The second-order valence-corrected chi connectivity index (χ2v) is 9.59. The van der Waals surface area contributed by atoms with E-state index in [4.69, 9.17) is 4.74 Å². The smallest absolute Gasteiger partial charge is 0.311 e. The third kappa shape index (κ3) is 4.07. The van der Waals surface area contributed by atoms with Crippen LogP contribution in [-0.2, 0) is 24.3 Å². The highest BCUT2D eigenvalue weighted by Crippen LogP contribution is 2.29. The maximum atomic E-state index is 12.5. The summed E-state index contributed by atoms with van der Waals surface area (Å²) in [4.78, 5) is 31.1. The topological polar surface area (TPSA) is 105 Å². The van der Waals surface area contributed by atoms with Gasteiger partial charge in [0, 0.05) is 24.2 Å².